The molecule has 5 aromatic carbocycles. The molecule has 0 saturated carbocycles. The van der Waals surface area contributed by atoms with Gasteiger partial charge in [-0.15, -0.1) is 0 Å². The molecule has 0 unspecified atom stereocenters. The first kappa shape index (κ1) is 29.6. The van der Waals surface area contributed by atoms with Gasteiger partial charge in [-0.3, -0.25) is 19.9 Å². The number of nitrogens with zero attached hydrogens (tertiary/aromatic N) is 7. The summed E-state index contributed by atoms with van der Waals surface area (Å²) in [6.07, 6.45) is 7.33. The summed E-state index contributed by atoms with van der Waals surface area (Å²) in [5.74, 6) is 1.83. The zero-order chi connectivity index (χ0) is 34.4. The second kappa shape index (κ2) is 12.3. The van der Waals surface area contributed by atoms with Crippen molar-refractivity contribution in [2.24, 2.45) is 0 Å². The first-order valence-corrected chi connectivity index (χ1v) is 17.0. The summed E-state index contributed by atoms with van der Waals surface area (Å²) in [4.78, 5) is 33.5. The van der Waals surface area contributed by atoms with Crippen molar-refractivity contribution in [3.63, 3.8) is 0 Å². The first-order valence-electron chi connectivity index (χ1n) is 17.0. The third-order valence-electron chi connectivity index (χ3n) is 9.54. The molecule has 5 heterocycles. The number of fused-ring (bicyclic) bond motifs is 6. The van der Waals surface area contributed by atoms with Crippen LogP contribution in [-0.4, -0.2) is 34.9 Å². The maximum Gasteiger partial charge on any atom is 0.164 e. The van der Waals surface area contributed by atoms with Gasteiger partial charge in [-0.1, -0.05) is 115 Å². The van der Waals surface area contributed by atoms with E-state index in [0.717, 1.165) is 82.6 Å². The summed E-state index contributed by atoms with van der Waals surface area (Å²) in [5.41, 5.74) is 10.6. The van der Waals surface area contributed by atoms with Gasteiger partial charge >= 0.3 is 0 Å². The van der Waals surface area contributed by atoms with Crippen LogP contribution >= 0.6 is 0 Å². The second-order valence-corrected chi connectivity index (χ2v) is 12.6. The smallest absolute Gasteiger partial charge is 0.164 e. The van der Waals surface area contributed by atoms with Crippen LogP contribution in [0.15, 0.2) is 164 Å². The molecule has 242 valence electrons. The third-order valence-corrected chi connectivity index (χ3v) is 9.54. The van der Waals surface area contributed by atoms with E-state index >= 15 is 0 Å². The van der Waals surface area contributed by atoms with Crippen molar-refractivity contribution >= 4 is 43.6 Å². The van der Waals surface area contributed by atoms with Crippen molar-refractivity contribution in [2.75, 3.05) is 0 Å². The molecule has 0 aliphatic rings. The fourth-order valence-corrected chi connectivity index (χ4v) is 6.96. The van der Waals surface area contributed by atoms with E-state index in [-0.39, 0.29) is 0 Å². The van der Waals surface area contributed by atoms with E-state index in [4.69, 9.17) is 15.0 Å². The predicted octanol–water partition coefficient (Wildman–Crippen LogP) is 10.4. The summed E-state index contributed by atoms with van der Waals surface area (Å²) >= 11 is 0. The lowest BCUT2D eigenvalue weighted by Crippen LogP contribution is -2.00. The first-order chi connectivity index (χ1) is 25.8. The van der Waals surface area contributed by atoms with Crippen molar-refractivity contribution in [3.05, 3.63) is 164 Å². The topological polar surface area (TPSA) is 90.2 Å². The van der Waals surface area contributed by atoms with E-state index in [9.17, 15) is 0 Å². The van der Waals surface area contributed by atoms with E-state index in [2.05, 4.69) is 117 Å². The Kier molecular flexibility index (Phi) is 6.99. The van der Waals surface area contributed by atoms with Crippen LogP contribution in [0.25, 0.3) is 100 Å². The molecule has 0 bridgehead atoms. The molecule has 0 spiro atoms. The summed E-state index contributed by atoms with van der Waals surface area (Å²) in [6.45, 7) is 0. The van der Waals surface area contributed by atoms with Crippen LogP contribution in [0.5, 0.6) is 0 Å². The largest absolute Gasteiger partial charge is 0.254 e. The quantitative estimate of drug-likeness (QED) is 0.169. The summed E-state index contributed by atoms with van der Waals surface area (Å²) < 4.78 is 0. The molecule has 7 heteroatoms. The standard InChI is InChI=1S/C45H27N7/c1-2-6-32(7-3-1)43-50-44(33-14-10-28(11-15-33)35-22-26-48-41-37(35)20-18-30-8-4-24-46-39(30)41)52-45(51-43)34-16-12-29(13-17-34)36-23-27-49-42-38(36)21-19-31-9-5-25-47-40(31)42/h1-27H. The summed E-state index contributed by atoms with van der Waals surface area (Å²) in [5, 5.41) is 4.26. The molecule has 10 rings (SSSR count). The minimum Gasteiger partial charge on any atom is -0.254 e. The Bertz CT molecular complexity index is 2760. The van der Waals surface area contributed by atoms with Gasteiger partial charge in [0.2, 0.25) is 0 Å². The molecular weight excluding hydrogens is 639 g/mol. The second-order valence-electron chi connectivity index (χ2n) is 12.6. The van der Waals surface area contributed by atoms with Crippen molar-refractivity contribution < 1.29 is 0 Å². The van der Waals surface area contributed by atoms with Crippen LogP contribution < -0.4 is 0 Å². The Hall–Kier alpha value is -7.25. The van der Waals surface area contributed by atoms with Crippen molar-refractivity contribution in [3.8, 4) is 56.4 Å². The van der Waals surface area contributed by atoms with Gasteiger partial charge in [-0.05, 0) is 46.5 Å². The van der Waals surface area contributed by atoms with Gasteiger partial charge in [0.1, 0.15) is 0 Å². The molecule has 52 heavy (non-hydrogen) atoms. The van der Waals surface area contributed by atoms with E-state index < -0.39 is 0 Å². The SMILES string of the molecule is c1ccc(-c2nc(-c3ccc(-c4ccnc5c4ccc4cccnc45)cc3)nc(-c3ccc(-c4ccnc5c4ccc4cccnc45)cc3)n2)cc1. The predicted molar refractivity (Wildman–Crippen MR) is 208 cm³/mol. The molecule has 10 aromatic rings. The Labute approximate surface area is 298 Å². The Morgan fingerprint density at radius 2 is 0.673 bits per heavy atom. The Balaban J connectivity index is 1.04. The molecule has 0 saturated heterocycles. The van der Waals surface area contributed by atoms with Gasteiger partial charge < -0.3 is 0 Å². The summed E-state index contributed by atoms with van der Waals surface area (Å²) in [6, 6.07) is 47.4. The fourth-order valence-electron chi connectivity index (χ4n) is 6.96. The van der Waals surface area contributed by atoms with E-state index in [0.29, 0.717) is 17.5 Å². The van der Waals surface area contributed by atoms with E-state index in [1.54, 1.807) is 0 Å². The van der Waals surface area contributed by atoms with Crippen LogP contribution in [0.4, 0.5) is 0 Å². The van der Waals surface area contributed by atoms with Gasteiger partial charge in [0.15, 0.2) is 17.5 Å². The van der Waals surface area contributed by atoms with Gasteiger partial charge in [0.05, 0.1) is 22.1 Å². The number of hydrogen-bond acceptors (Lipinski definition) is 7. The zero-order valence-corrected chi connectivity index (χ0v) is 27.7. The average molecular weight is 666 g/mol. The van der Waals surface area contributed by atoms with Crippen LogP contribution in [0.1, 0.15) is 0 Å². The Morgan fingerprint density at radius 1 is 0.269 bits per heavy atom. The minimum atomic E-state index is 0.605. The Morgan fingerprint density at radius 3 is 1.13 bits per heavy atom. The van der Waals surface area contributed by atoms with Crippen LogP contribution in [0, 0.1) is 0 Å². The van der Waals surface area contributed by atoms with Crippen LogP contribution in [-0.2, 0) is 0 Å². The third kappa shape index (κ3) is 5.11. The fraction of sp³-hybridized carbons (Fsp3) is 0. The average Bonchev–Trinajstić information content (AvgIpc) is 3.23. The van der Waals surface area contributed by atoms with E-state index in [1.165, 1.54) is 0 Å². The highest BCUT2D eigenvalue weighted by Crippen LogP contribution is 2.34. The van der Waals surface area contributed by atoms with Crippen molar-refractivity contribution in [2.45, 2.75) is 0 Å². The molecule has 0 atom stereocenters. The number of benzene rings is 5. The minimum absolute atomic E-state index is 0.605. The maximum atomic E-state index is 5.01. The number of aromatic nitrogens is 7. The molecule has 7 nitrogen and oxygen atoms in total. The highest BCUT2D eigenvalue weighted by Gasteiger charge is 2.15. The lowest BCUT2D eigenvalue weighted by atomic mass is 9.98. The highest BCUT2D eigenvalue weighted by atomic mass is 15.0. The lowest BCUT2D eigenvalue weighted by Gasteiger charge is -2.11. The molecule has 0 aliphatic carbocycles. The van der Waals surface area contributed by atoms with Crippen molar-refractivity contribution in [1.29, 1.82) is 0 Å². The molecule has 0 radical (unpaired) electrons. The molecule has 0 N–H and O–H groups in total. The monoisotopic (exact) mass is 665 g/mol. The van der Waals surface area contributed by atoms with Gasteiger partial charge in [0, 0.05) is 63.0 Å². The van der Waals surface area contributed by atoms with Crippen molar-refractivity contribution in [1.82, 2.24) is 34.9 Å². The lowest BCUT2D eigenvalue weighted by molar-refractivity contribution is 1.07. The number of rotatable bonds is 5. The molecule has 5 aromatic heterocycles. The molecule has 0 amide bonds. The molecule has 0 fully saturated rings. The van der Waals surface area contributed by atoms with Gasteiger partial charge in [-0.2, -0.15) is 0 Å². The van der Waals surface area contributed by atoms with E-state index in [1.807, 2.05) is 67.3 Å². The normalized spacial score (nSPS) is 11.5. The van der Waals surface area contributed by atoms with Crippen LogP contribution in [0.3, 0.4) is 0 Å². The van der Waals surface area contributed by atoms with Gasteiger partial charge in [-0.25, -0.2) is 15.0 Å². The zero-order valence-electron chi connectivity index (χ0n) is 27.7. The van der Waals surface area contributed by atoms with Crippen LogP contribution in [0.2, 0.25) is 0 Å². The molecular formula is C45H27N7. The maximum absolute atomic E-state index is 5.01. The number of hydrogen-bond donors (Lipinski definition) is 0. The van der Waals surface area contributed by atoms with Gasteiger partial charge in [0.25, 0.3) is 0 Å². The summed E-state index contributed by atoms with van der Waals surface area (Å²) in [7, 11) is 0. The highest BCUT2D eigenvalue weighted by molar-refractivity contribution is 6.09. The number of pyridine rings is 4. The molecule has 0 aliphatic heterocycles.